The lowest BCUT2D eigenvalue weighted by Crippen LogP contribution is -2.14. The van der Waals surface area contributed by atoms with E-state index in [1.807, 2.05) is 6.07 Å². The summed E-state index contributed by atoms with van der Waals surface area (Å²) < 4.78 is 10.5. The Bertz CT molecular complexity index is 359. The van der Waals surface area contributed by atoms with E-state index in [4.69, 9.17) is 10.5 Å². The molecule has 1 aromatic carbocycles. The Kier molecular flexibility index (Phi) is 8.41. The van der Waals surface area contributed by atoms with Crippen LogP contribution in [0.25, 0.3) is 0 Å². The first-order valence-corrected chi connectivity index (χ1v) is 6.39. The first kappa shape index (κ1) is 16.9. The van der Waals surface area contributed by atoms with Crippen LogP contribution >= 0.6 is 15.9 Å². The van der Waals surface area contributed by atoms with Crippen molar-refractivity contribution in [2.24, 2.45) is 5.73 Å². The fourth-order valence-corrected chi connectivity index (χ4v) is 1.97. The van der Waals surface area contributed by atoms with Gasteiger partial charge in [-0.2, -0.15) is 0 Å². The summed E-state index contributed by atoms with van der Waals surface area (Å²) in [7, 11) is 3.01. The van der Waals surface area contributed by atoms with Crippen LogP contribution in [0.1, 0.15) is 18.1 Å². The third-order valence-electron chi connectivity index (χ3n) is 2.40. The zero-order valence-corrected chi connectivity index (χ0v) is 12.8. The van der Waals surface area contributed by atoms with Gasteiger partial charge < -0.3 is 15.2 Å². The van der Waals surface area contributed by atoms with Gasteiger partial charge in [-0.25, -0.2) is 0 Å². The van der Waals surface area contributed by atoms with Crippen molar-refractivity contribution in [1.29, 1.82) is 0 Å². The maximum absolute atomic E-state index is 9.83. The van der Waals surface area contributed by atoms with E-state index in [-0.39, 0.29) is 12.5 Å². The molecule has 0 aliphatic carbocycles. The van der Waals surface area contributed by atoms with Crippen LogP contribution in [0, 0.1) is 6.92 Å². The van der Waals surface area contributed by atoms with Crippen molar-refractivity contribution in [1.82, 2.24) is 0 Å². The van der Waals surface area contributed by atoms with E-state index in [0.717, 1.165) is 16.6 Å². The minimum absolute atomic E-state index is 0.0312. The molecular weight excluding hydrogens is 298 g/mol. The summed E-state index contributed by atoms with van der Waals surface area (Å²) in [4.78, 5) is 9.83. The smallest absolute Gasteiger partial charge is 0.319 e. The highest BCUT2D eigenvalue weighted by molar-refractivity contribution is 9.10. The fraction of sp³-hybridized carbons (Fsp3) is 0.462. The maximum Gasteiger partial charge on any atom is 0.319 e. The van der Waals surface area contributed by atoms with Crippen LogP contribution in [0.5, 0.6) is 5.75 Å². The number of methoxy groups -OCH3 is 2. The summed E-state index contributed by atoms with van der Waals surface area (Å²) >= 11 is 3.46. The molecule has 1 rings (SSSR count). The monoisotopic (exact) mass is 317 g/mol. The largest absolute Gasteiger partial charge is 0.495 e. The molecule has 0 aliphatic rings. The SMILES string of the molecule is CCc1c(C)ccc(Br)c1OC.COC(=O)CN. The molecule has 0 atom stereocenters. The van der Waals surface area contributed by atoms with E-state index in [2.05, 4.69) is 40.6 Å². The van der Waals surface area contributed by atoms with Crippen LogP contribution in [0.3, 0.4) is 0 Å². The van der Waals surface area contributed by atoms with Gasteiger partial charge in [-0.3, -0.25) is 4.79 Å². The molecule has 0 bridgehead atoms. The lowest BCUT2D eigenvalue weighted by atomic mass is 10.1. The van der Waals surface area contributed by atoms with Crippen LogP contribution in [0.15, 0.2) is 16.6 Å². The van der Waals surface area contributed by atoms with E-state index in [9.17, 15) is 4.79 Å². The van der Waals surface area contributed by atoms with Crippen molar-refractivity contribution in [2.75, 3.05) is 20.8 Å². The Morgan fingerprint density at radius 1 is 1.39 bits per heavy atom. The average Bonchev–Trinajstić information content (AvgIpc) is 2.40. The Morgan fingerprint density at radius 3 is 2.28 bits per heavy atom. The summed E-state index contributed by atoms with van der Waals surface area (Å²) in [5.41, 5.74) is 7.38. The number of carbonyl (C=O) groups is 1. The number of hydrogen-bond acceptors (Lipinski definition) is 4. The van der Waals surface area contributed by atoms with Crippen LogP contribution in [-0.2, 0) is 16.0 Å². The summed E-state index contributed by atoms with van der Waals surface area (Å²) in [6.07, 6.45) is 1.01. The molecule has 0 aromatic heterocycles. The van der Waals surface area contributed by atoms with Gasteiger partial charge in [0, 0.05) is 0 Å². The Hall–Kier alpha value is -1.07. The van der Waals surface area contributed by atoms with Crippen LogP contribution < -0.4 is 10.5 Å². The Labute approximate surface area is 117 Å². The molecule has 0 fully saturated rings. The molecule has 0 amide bonds. The number of carbonyl (C=O) groups excluding carboxylic acids is 1. The second-order valence-corrected chi connectivity index (χ2v) is 4.36. The molecule has 0 aliphatic heterocycles. The molecule has 18 heavy (non-hydrogen) atoms. The third-order valence-corrected chi connectivity index (χ3v) is 3.02. The number of aryl methyl sites for hydroxylation is 1. The second-order valence-electron chi connectivity index (χ2n) is 3.51. The molecule has 2 N–H and O–H groups in total. The normalized spacial score (nSPS) is 9.22. The molecular formula is C13H20BrNO3. The van der Waals surface area contributed by atoms with Gasteiger partial charge in [-0.15, -0.1) is 0 Å². The number of benzene rings is 1. The molecule has 1 aromatic rings. The van der Waals surface area contributed by atoms with E-state index < -0.39 is 0 Å². The van der Waals surface area contributed by atoms with E-state index >= 15 is 0 Å². The molecule has 0 unspecified atom stereocenters. The van der Waals surface area contributed by atoms with Gasteiger partial charge in [0.2, 0.25) is 0 Å². The van der Waals surface area contributed by atoms with E-state index in [1.165, 1.54) is 18.2 Å². The van der Waals surface area contributed by atoms with Crippen molar-refractivity contribution in [3.05, 3.63) is 27.7 Å². The lowest BCUT2D eigenvalue weighted by Gasteiger charge is -2.11. The molecule has 0 saturated carbocycles. The van der Waals surface area contributed by atoms with Crippen molar-refractivity contribution >= 4 is 21.9 Å². The zero-order chi connectivity index (χ0) is 14.1. The maximum atomic E-state index is 9.83. The van der Waals surface area contributed by atoms with E-state index in [1.54, 1.807) is 7.11 Å². The molecule has 102 valence electrons. The molecule has 0 heterocycles. The molecule has 5 heteroatoms. The topological polar surface area (TPSA) is 61.5 Å². The lowest BCUT2D eigenvalue weighted by molar-refractivity contribution is -0.138. The molecule has 0 radical (unpaired) electrons. The molecule has 0 saturated heterocycles. The molecule has 4 nitrogen and oxygen atoms in total. The summed E-state index contributed by atoms with van der Waals surface area (Å²) in [6.45, 7) is 4.21. The predicted molar refractivity (Wildman–Crippen MR) is 75.9 cm³/mol. The van der Waals surface area contributed by atoms with Crippen molar-refractivity contribution in [3.63, 3.8) is 0 Å². The van der Waals surface area contributed by atoms with Gasteiger partial charge in [-0.05, 0) is 46.5 Å². The van der Waals surface area contributed by atoms with Crippen molar-refractivity contribution < 1.29 is 14.3 Å². The van der Waals surface area contributed by atoms with Gasteiger partial charge in [0.1, 0.15) is 5.75 Å². The number of halogens is 1. The number of esters is 1. The van der Waals surface area contributed by atoms with Crippen LogP contribution in [0.4, 0.5) is 0 Å². The number of rotatable bonds is 3. The standard InChI is InChI=1S/C10H13BrO.C3H7NO2/c1-4-8-7(2)5-6-9(11)10(8)12-3;1-6-3(5)2-4/h5-6H,4H2,1-3H3;2,4H2,1H3. The first-order valence-electron chi connectivity index (χ1n) is 5.60. The highest BCUT2D eigenvalue weighted by Gasteiger charge is 2.07. The van der Waals surface area contributed by atoms with Crippen LogP contribution in [-0.4, -0.2) is 26.7 Å². The summed E-state index contributed by atoms with van der Waals surface area (Å²) in [5, 5.41) is 0. The highest BCUT2D eigenvalue weighted by atomic mass is 79.9. The quantitative estimate of drug-likeness (QED) is 0.870. The van der Waals surface area contributed by atoms with Gasteiger partial charge in [0.05, 0.1) is 25.2 Å². The number of ether oxygens (including phenoxy) is 2. The van der Waals surface area contributed by atoms with Gasteiger partial charge in [-0.1, -0.05) is 13.0 Å². The number of nitrogens with two attached hydrogens (primary N) is 1. The second kappa shape index (κ2) is 8.94. The summed E-state index contributed by atoms with van der Waals surface area (Å²) in [5.74, 6) is 0.590. The van der Waals surface area contributed by atoms with Crippen molar-refractivity contribution in [2.45, 2.75) is 20.3 Å². The van der Waals surface area contributed by atoms with Crippen molar-refractivity contribution in [3.8, 4) is 5.75 Å². The fourth-order valence-electron chi connectivity index (χ4n) is 1.44. The Balaban J connectivity index is 0.000000411. The minimum Gasteiger partial charge on any atom is -0.495 e. The summed E-state index contributed by atoms with van der Waals surface area (Å²) in [6, 6.07) is 4.12. The average molecular weight is 318 g/mol. The Morgan fingerprint density at radius 2 is 2.00 bits per heavy atom. The number of hydrogen-bond donors (Lipinski definition) is 1. The van der Waals surface area contributed by atoms with Gasteiger partial charge in [0.15, 0.2) is 0 Å². The molecule has 0 spiro atoms. The van der Waals surface area contributed by atoms with Crippen LogP contribution in [0.2, 0.25) is 0 Å². The van der Waals surface area contributed by atoms with Gasteiger partial charge in [0.25, 0.3) is 0 Å². The van der Waals surface area contributed by atoms with E-state index in [0.29, 0.717) is 0 Å². The first-order chi connectivity index (χ1) is 8.51. The zero-order valence-electron chi connectivity index (χ0n) is 11.2. The van der Waals surface area contributed by atoms with Gasteiger partial charge >= 0.3 is 5.97 Å². The third kappa shape index (κ3) is 5.06. The highest BCUT2D eigenvalue weighted by Crippen LogP contribution is 2.31. The minimum atomic E-state index is -0.380. The predicted octanol–water partition coefficient (Wildman–Crippen LogP) is 2.45.